The highest BCUT2D eigenvalue weighted by atomic mass is 16.3. The van der Waals surface area contributed by atoms with E-state index in [-0.39, 0.29) is 11.7 Å². The number of carbonyl (C=O) groups excluding carboxylic acids is 3. The van der Waals surface area contributed by atoms with E-state index in [0.717, 1.165) is 17.7 Å². The van der Waals surface area contributed by atoms with E-state index in [2.05, 4.69) is 0 Å². The molecule has 1 saturated heterocycles. The molecule has 2 aromatic rings. The van der Waals surface area contributed by atoms with Crippen molar-refractivity contribution in [2.75, 3.05) is 37.6 Å². The third-order valence-electron chi connectivity index (χ3n) is 4.90. The Hall–Kier alpha value is -3.09. The van der Waals surface area contributed by atoms with E-state index in [1.807, 2.05) is 24.3 Å². The van der Waals surface area contributed by atoms with Crippen LogP contribution in [0.4, 0.5) is 5.69 Å². The van der Waals surface area contributed by atoms with E-state index in [1.54, 1.807) is 21.9 Å². The van der Waals surface area contributed by atoms with Crippen LogP contribution in [0.15, 0.2) is 47.1 Å². The smallest absolute Gasteiger partial charge is 0.316 e. The monoisotopic (exact) mass is 353 g/mol. The minimum Gasteiger partial charge on any atom is -0.459 e. The number of fused-ring (bicyclic) bond motifs is 1. The SMILES string of the molecule is O=C(C(=O)N1CCc2ccccc21)N1CCN(C(=O)c2ccco2)CC1. The molecule has 3 heterocycles. The average Bonchev–Trinajstić information content (AvgIpc) is 3.36. The van der Waals surface area contributed by atoms with Crippen LogP contribution in [0, 0.1) is 0 Å². The van der Waals surface area contributed by atoms with Crippen molar-refractivity contribution in [3.8, 4) is 0 Å². The number of piperazine rings is 1. The van der Waals surface area contributed by atoms with Crippen LogP contribution < -0.4 is 4.90 Å². The molecule has 7 heteroatoms. The number of carbonyl (C=O) groups is 3. The number of rotatable bonds is 1. The van der Waals surface area contributed by atoms with E-state index in [0.29, 0.717) is 32.7 Å². The molecule has 0 N–H and O–H groups in total. The zero-order valence-corrected chi connectivity index (χ0v) is 14.3. The van der Waals surface area contributed by atoms with Crippen LogP contribution in [0.25, 0.3) is 0 Å². The molecular weight excluding hydrogens is 334 g/mol. The molecule has 0 spiro atoms. The summed E-state index contributed by atoms with van der Waals surface area (Å²) in [6.45, 7) is 1.98. The number of amides is 3. The quantitative estimate of drug-likeness (QED) is 0.721. The van der Waals surface area contributed by atoms with Gasteiger partial charge in [-0.25, -0.2) is 0 Å². The van der Waals surface area contributed by atoms with E-state index in [1.165, 1.54) is 11.2 Å². The van der Waals surface area contributed by atoms with Crippen molar-refractivity contribution < 1.29 is 18.8 Å². The first-order chi connectivity index (χ1) is 12.6. The third kappa shape index (κ3) is 2.85. The Morgan fingerprint density at radius 3 is 2.27 bits per heavy atom. The van der Waals surface area contributed by atoms with Crippen molar-refractivity contribution in [3.63, 3.8) is 0 Å². The Balaban J connectivity index is 1.38. The zero-order chi connectivity index (χ0) is 18.1. The maximum atomic E-state index is 12.6. The molecule has 0 aliphatic carbocycles. The number of hydrogen-bond donors (Lipinski definition) is 0. The predicted molar refractivity (Wildman–Crippen MR) is 93.7 cm³/mol. The maximum absolute atomic E-state index is 12.6. The summed E-state index contributed by atoms with van der Waals surface area (Å²) in [5.41, 5.74) is 1.90. The van der Waals surface area contributed by atoms with Crippen LogP contribution in [0.5, 0.6) is 0 Å². The molecular formula is C19H19N3O4. The van der Waals surface area contributed by atoms with Gasteiger partial charge in [0.05, 0.1) is 6.26 Å². The molecule has 0 radical (unpaired) electrons. The lowest BCUT2D eigenvalue weighted by atomic mass is 10.2. The third-order valence-corrected chi connectivity index (χ3v) is 4.90. The molecule has 0 unspecified atom stereocenters. The molecule has 1 aromatic carbocycles. The van der Waals surface area contributed by atoms with Gasteiger partial charge >= 0.3 is 11.8 Å². The van der Waals surface area contributed by atoms with Crippen molar-refractivity contribution in [3.05, 3.63) is 54.0 Å². The number of para-hydroxylation sites is 1. The second-order valence-electron chi connectivity index (χ2n) is 6.40. The lowest BCUT2D eigenvalue weighted by Crippen LogP contribution is -2.54. The molecule has 0 saturated carbocycles. The summed E-state index contributed by atoms with van der Waals surface area (Å²) in [7, 11) is 0. The molecule has 134 valence electrons. The molecule has 1 aromatic heterocycles. The van der Waals surface area contributed by atoms with Gasteiger partial charge in [0.2, 0.25) is 0 Å². The number of benzene rings is 1. The van der Waals surface area contributed by atoms with Crippen molar-refractivity contribution in [2.24, 2.45) is 0 Å². The van der Waals surface area contributed by atoms with Gasteiger partial charge < -0.3 is 19.1 Å². The summed E-state index contributed by atoms with van der Waals surface area (Å²) in [5.74, 6) is -0.913. The molecule has 0 atom stereocenters. The van der Waals surface area contributed by atoms with Gasteiger partial charge in [-0.2, -0.15) is 0 Å². The van der Waals surface area contributed by atoms with E-state index < -0.39 is 11.8 Å². The highest BCUT2D eigenvalue weighted by Gasteiger charge is 2.34. The highest BCUT2D eigenvalue weighted by Crippen LogP contribution is 2.27. The first kappa shape index (κ1) is 16.4. The number of hydrogen-bond acceptors (Lipinski definition) is 4. The molecule has 1 fully saturated rings. The fraction of sp³-hybridized carbons (Fsp3) is 0.316. The highest BCUT2D eigenvalue weighted by molar-refractivity contribution is 6.40. The molecule has 3 amide bonds. The van der Waals surface area contributed by atoms with Gasteiger partial charge in [0.15, 0.2) is 5.76 Å². The van der Waals surface area contributed by atoms with E-state index in [9.17, 15) is 14.4 Å². The summed E-state index contributed by atoms with van der Waals surface area (Å²) in [6.07, 6.45) is 2.22. The van der Waals surface area contributed by atoms with E-state index >= 15 is 0 Å². The molecule has 0 bridgehead atoms. The van der Waals surface area contributed by atoms with Gasteiger partial charge in [-0.05, 0) is 30.2 Å². The Morgan fingerprint density at radius 2 is 1.54 bits per heavy atom. The maximum Gasteiger partial charge on any atom is 0.316 e. The van der Waals surface area contributed by atoms with Crippen molar-refractivity contribution in [2.45, 2.75) is 6.42 Å². The molecule has 7 nitrogen and oxygen atoms in total. The predicted octanol–water partition coefficient (Wildman–Crippen LogP) is 1.15. The minimum atomic E-state index is -0.508. The van der Waals surface area contributed by atoms with Gasteiger partial charge in [-0.3, -0.25) is 14.4 Å². The largest absolute Gasteiger partial charge is 0.459 e. The molecule has 2 aliphatic heterocycles. The standard InChI is InChI=1S/C19H19N3O4/c23-17(16-6-3-13-26-16)20-9-11-21(12-10-20)18(24)19(25)22-8-7-14-4-1-2-5-15(14)22/h1-6,13H,7-12H2. The molecule has 26 heavy (non-hydrogen) atoms. The van der Waals surface area contributed by atoms with Gasteiger partial charge in [0.1, 0.15) is 0 Å². The Labute approximate surface area is 150 Å². The van der Waals surface area contributed by atoms with Crippen molar-refractivity contribution in [1.82, 2.24) is 9.80 Å². The van der Waals surface area contributed by atoms with Crippen LogP contribution >= 0.6 is 0 Å². The Kier molecular flexibility index (Phi) is 4.20. The second kappa shape index (κ2) is 6.67. The summed E-state index contributed by atoms with van der Waals surface area (Å²) in [5, 5.41) is 0. The number of anilines is 1. The lowest BCUT2D eigenvalue weighted by molar-refractivity contribution is -0.145. The summed E-state index contributed by atoms with van der Waals surface area (Å²) < 4.78 is 5.13. The topological polar surface area (TPSA) is 74.1 Å². The zero-order valence-electron chi connectivity index (χ0n) is 14.3. The van der Waals surface area contributed by atoms with Crippen LogP contribution in [-0.4, -0.2) is 60.2 Å². The fourth-order valence-corrected chi connectivity index (χ4v) is 3.47. The van der Waals surface area contributed by atoms with Crippen LogP contribution in [0.3, 0.4) is 0 Å². The second-order valence-corrected chi connectivity index (χ2v) is 6.40. The Morgan fingerprint density at radius 1 is 0.808 bits per heavy atom. The summed E-state index contributed by atoms with van der Waals surface area (Å²) >= 11 is 0. The summed E-state index contributed by atoms with van der Waals surface area (Å²) in [4.78, 5) is 42.2. The normalized spacial score (nSPS) is 16.5. The number of furan rings is 1. The van der Waals surface area contributed by atoms with Gasteiger partial charge in [-0.1, -0.05) is 18.2 Å². The minimum absolute atomic E-state index is 0.193. The van der Waals surface area contributed by atoms with Crippen LogP contribution in [0.2, 0.25) is 0 Å². The first-order valence-electron chi connectivity index (χ1n) is 8.66. The van der Waals surface area contributed by atoms with Gasteiger partial charge in [0.25, 0.3) is 5.91 Å². The van der Waals surface area contributed by atoms with Crippen molar-refractivity contribution in [1.29, 1.82) is 0 Å². The lowest BCUT2D eigenvalue weighted by Gasteiger charge is -2.34. The van der Waals surface area contributed by atoms with E-state index in [4.69, 9.17) is 4.42 Å². The number of nitrogens with zero attached hydrogens (tertiary/aromatic N) is 3. The van der Waals surface area contributed by atoms with Gasteiger partial charge in [-0.15, -0.1) is 0 Å². The summed E-state index contributed by atoms with van der Waals surface area (Å²) in [6, 6.07) is 10.9. The Bertz CT molecular complexity index is 838. The first-order valence-corrected chi connectivity index (χ1v) is 8.66. The van der Waals surface area contributed by atoms with Crippen molar-refractivity contribution >= 4 is 23.4 Å². The van der Waals surface area contributed by atoms with Crippen LogP contribution in [-0.2, 0) is 16.0 Å². The fourth-order valence-electron chi connectivity index (χ4n) is 3.47. The molecule has 4 rings (SSSR count). The molecule has 2 aliphatic rings. The van der Waals surface area contributed by atoms with Crippen LogP contribution in [0.1, 0.15) is 16.1 Å². The average molecular weight is 353 g/mol. The van der Waals surface area contributed by atoms with Gasteiger partial charge in [0, 0.05) is 38.4 Å².